The van der Waals surface area contributed by atoms with E-state index >= 15 is 0 Å². The van der Waals surface area contributed by atoms with Gasteiger partial charge in [-0.3, -0.25) is 0 Å². The zero-order chi connectivity index (χ0) is 16.2. The van der Waals surface area contributed by atoms with Gasteiger partial charge in [0.2, 0.25) is 0 Å². The number of rotatable bonds is 4. The molecule has 4 N–H and O–H groups in total. The average Bonchev–Trinajstić information content (AvgIpc) is 2.73. The van der Waals surface area contributed by atoms with E-state index in [1.54, 1.807) is 17.7 Å². The first kappa shape index (κ1) is 16.0. The minimum atomic E-state index is 0.451. The smallest absolute Gasteiger partial charge is 0.188 e. The summed E-state index contributed by atoms with van der Waals surface area (Å²) in [6, 6.07) is 0.451. The van der Waals surface area contributed by atoms with Crippen LogP contribution >= 0.6 is 11.3 Å². The molecule has 0 bridgehead atoms. The minimum Gasteiger partial charge on any atom is -0.393 e. The highest BCUT2D eigenvalue weighted by molar-refractivity contribution is 7.15. The van der Waals surface area contributed by atoms with Crippen LogP contribution in [-0.2, 0) is 0 Å². The zero-order valence-corrected chi connectivity index (χ0v) is 14.5. The van der Waals surface area contributed by atoms with Crippen molar-refractivity contribution in [2.24, 2.45) is 0 Å². The van der Waals surface area contributed by atoms with Crippen LogP contribution in [0.4, 0.5) is 22.5 Å². The molecule has 3 rings (SSSR count). The monoisotopic (exact) mass is 332 g/mol. The van der Waals surface area contributed by atoms with E-state index in [4.69, 9.17) is 5.73 Å². The van der Waals surface area contributed by atoms with Crippen molar-refractivity contribution >= 4 is 33.8 Å². The number of nitrogen functional groups attached to an aromatic ring is 1. The van der Waals surface area contributed by atoms with Crippen molar-refractivity contribution in [2.75, 3.05) is 16.4 Å². The molecular weight excluding hydrogens is 308 g/mol. The van der Waals surface area contributed by atoms with Crippen LogP contribution in [0.2, 0.25) is 0 Å². The molecule has 0 spiro atoms. The molecule has 2 aromatic heterocycles. The summed E-state index contributed by atoms with van der Waals surface area (Å²) in [5.41, 5.74) is 7.85. The predicted molar refractivity (Wildman–Crippen MR) is 96.4 cm³/mol. The van der Waals surface area contributed by atoms with Crippen LogP contribution in [-0.4, -0.2) is 21.0 Å². The van der Waals surface area contributed by atoms with Crippen LogP contribution in [0.25, 0.3) is 0 Å². The fourth-order valence-electron chi connectivity index (χ4n) is 2.85. The third-order valence-electron chi connectivity index (χ3n) is 4.33. The van der Waals surface area contributed by atoms with Gasteiger partial charge in [0.25, 0.3) is 0 Å². The number of aryl methyl sites for hydroxylation is 2. The third kappa shape index (κ3) is 3.90. The van der Waals surface area contributed by atoms with Crippen LogP contribution in [0.15, 0.2) is 6.33 Å². The molecule has 124 valence electrons. The number of hydrogen-bond acceptors (Lipinski definition) is 7. The second-order valence-corrected chi connectivity index (χ2v) is 7.31. The SMILES string of the molecule is Cc1nc(Nc2ncnc(NC3CCCCCC3)c2N)sc1C. The molecule has 0 unspecified atom stereocenters. The minimum absolute atomic E-state index is 0.451. The van der Waals surface area contributed by atoms with E-state index in [9.17, 15) is 0 Å². The van der Waals surface area contributed by atoms with Crippen LogP contribution in [0.3, 0.4) is 0 Å². The fourth-order valence-corrected chi connectivity index (χ4v) is 3.67. The first-order valence-corrected chi connectivity index (χ1v) is 9.03. The topological polar surface area (TPSA) is 88.8 Å². The van der Waals surface area contributed by atoms with Gasteiger partial charge >= 0.3 is 0 Å². The lowest BCUT2D eigenvalue weighted by atomic mass is 10.1. The molecule has 1 saturated carbocycles. The number of nitrogens with zero attached hydrogens (tertiary/aromatic N) is 3. The summed E-state index contributed by atoms with van der Waals surface area (Å²) >= 11 is 1.60. The Morgan fingerprint density at radius 2 is 1.78 bits per heavy atom. The Labute approximate surface area is 141 Å². The number of nitrogens with two attached hydrogens (primary N) is 1. The molecule has 1 aliphatic rings. The Morgan fingerprint density at radius 3 is 2.43 bits per heavy atom. The molecule has 0 aliphatic heterocycles. The van der Waals surface area contributed by atoms with Gasteiger partial charge in [0, 0.05) is 10.9 Å². The normalized spacial score (nSPS) is 16.1. The van der Waals surface area contributed by atoms with Crippen LogP contribution < -0.4 is 16.4 Å². The summed E-state index contributed by atoms with van der Waals surface area (Å²) in [5.74, 6) is 1.34. The van der Waals surface area contributed by atoms with Gasteiger partial charge in [-0.05, 0) is 26.7 Å². The third-order valence-corrected chi connectivity index (χ3v) is 5.32. The zero-order valence-electron chi connectivity index (χ0n) is 13.7. The largest absolute Gasteiger partial charge is 0.393 e. The van der Waals surface area contributed by atoms with Gasteiger partial charge in [-0.2, -0.15) is 0 Å². The fraction of sp³-hybridized carbons (Fsp3) is 0.562. The summed E-state index contributed by atoms with van der Waals surface area (Å²) in [4.78, 5) is 14.3. The Bertz CT molecular complexity index is 641. The maximum atomic E-state index is 6.26. The van der Waals surface area contributed by atoms with Gasteiger partial charge < -0.3 is 16.4 Å². The molecule has 0 radical (unpaired) electrons. The van der Waals surface area contributed by atoms with E-state index in [0.29, 0.717) is 17.5 Å². The number of nitrogens with one attached hydrogen (secondary N) is 2. The highest BCUT2D eigenvalue weighted by atomic mass is 32.1. The van der Waals surface area contributed by atoms with Crippen molar-refractivity contribution in [1.29, 1.82) is 0 Å². The Kier molecular flexibility index (Phi) is 4.95. The molecule has 0 atom stereocenters. The molecule has 0 aromatic carbocycles. The summed E-state index contributed by atoms with van der Waals surface area (Å²) in [5, 5.41) is 7.52. The van der Waals surface area contributed by atoms with Gasteiger partial charge in [-0.15, -0.1) is 11.3 Å². The molecule has 1 aliphatic carbocycles. The molecule has 6 nitrogen and oxygen atoms in total. The van der Waals surface area contributed by atoms with E-state index in [1.807, 2.05) is 6.92 Å². The summed E-state index contributed by atoms with van der Waals surface area (Å²) in [6.45, 7) is 4.06. The van der Waals surface area contributed by atoms with Crippen LogP contribution in [0.5, 0.6) is 0 Å². The molecule has 0 amide bonds. The lowest BCUT2D eigenvalue weighted by molar-refractivity contribution is 0.618. The van der Waals surface area contributed by atoms with E-state index in [0.717, 1.165) is 16.6 Å². The molecule has 0 saturated heterocycles. The standard InChI is InChI=1S/C16H24N6S/c1-10-11(2)23-16(20-10)22-15-13(17)14(18-9-19-15)21-12-7-5-3-4-6-8-12/h9,12H,3-8,17H2,1-2H3,(H2,18,19,20,21,22). The predicted octanol–water partition coefficient (Wildman–Crippen LogP) is 4.01. The van der Waals surface area contributed by atoms with Crippen molar-refractivity contribution in [2.45, 2.75) is 58.4 Å². The summed E-state index contributed by atoms with van der Waals surface area (Å²) in [7, 11) is 0. The summed E-state index contributed by atoms with van der Waals surface area (Å²) in [6.07, 6.45) is 9.09. The van der Waals surface area contributed by atoms with Crippen molar-refractivity contribution < 1.29 is 0 Å². The molecular formula is C16H24N6S. The highest BCUT2D eigenvalue weighted by Crippen LogP contribution is 2.30. The molecule has 1 fully saturated rings. The van der Waals surface area contributed by atoms with Crippen molar-refractivity contribution in [3.05, 3.63) is 16.9 Å². The highest BCUT2D eigenvalue weighted by Gasteiger charge is 2.16. The van der Waals surface area contributed by atoms with Crippen LogP contribution in [0.1, 0.15) is 49.1 Å². The second-order valence-electron chi connectivity index (χ2n) is 6.10. The lowest BCUT2D eigenvalue weighted by Gasteiger charge is -2.18. The van der Waals surface area contributed by atoms with Gasteiger partial charge in [0.1, 0.15) is 12.0 Å². The molecule has 7 heteroatoms. The van der Waals surface area contributed by atoms with Crippen molar-refractivity contribution in [1.82, 2.24) is 15.0 Å². The van der Waals surface area contributed by atoms with E-state index in [1.165, 1.54) is 43.4 Å². The van der Waals surface area contributed by atoms with Crippen molar-refractivity contribution in [3.8, 4) is 0 Å². The number of thiazole rings is 1. The summed E-state index contributed by atoms with van der Waals surface area (Å²) < 4.78 is 0. The van der Waals surface area contributed by atoms with E-state index < -0.39 is 0 Å². The van der Waals surface area contributed by atoms with Crippen LogP contribution in [0, 0.1) is 13.8 Å². The van der Waals surface area contributed by atoms with E-state index in [-0.39, 0.29) is 0 Å². The first-order valence-electron chi connectivity index (χ1n) is 8.21. The second kappa shape index (κ2) is 7.12. The maximum Gasteiger partial charge on any atom is 0.188 e. The number of anilines is 4. The molecule has 2 heterocycles. The Balaban J connectivity index is 1.74. The average molecular weight is 332 g/mol. The van der Waals surface area contributed by atoms with Gasteiger partial charge in [0.15, 0.2) is 16.8 Å². The molecule has 23 heavy (non-hydrogen) atoms. The van der Waals surface area contributed by atoms with Gasteiger partial charge in [-0.1, -0.05) is 25.7 Å². The quantitative estimate of drug-likeness (QED) is 0.733. The van der Waals surface area contributed by atoms with Gasteiger partial charge in [0.05, 0.1) is 5.69 Å². The van der Waals surface area contributed by atoms with E-state index in [2.05, 4.69) is 32.5 Å². The first-order chi connectivity index (χ1) is 11.1. The number of aromatic nitrogens is 3. The Morgan fingerprint density at radius 1 is 1.09 bits per heavy atom. The lowest BCUT2D eigenvalue weighted by Crippen LogP contribution is -2.20. The molecule has 2 aromatic rings. The van der Waals surface area contributed by atoms with Gasteiger partial charge in [-0.25, -0.2) is 15.0 Å². The van der Waals surface area contributed by atoms with Crippen molar-refractivity contribution in [3.63, 3.8) is 0 Å². The maximum absolute atomic E-state index is 6.26. The number of hydrogen-bond donors (Lipinski definition) is 3. The Hall–Kier alpha value is -1.89.